The highest BCUT2D eigenvalue weighted by Gasteiger charge is 2.05. The van der Waals surface area contributed by atoms with Gasteiger partial charge >= 0.3 is 5.97 Å². The quantitative estimate of drug-likeness (QED) is 0.182. The van der Waals surface area contributed by atoms with Crippen LogP contribution in [0.15, 0.2) is 93.3 Å². The van der Waals surface area contributed by atoms with Gasteiger partial charge in [0.25, 0.3) is 0 Å². The van der Waals surface area contributed by atoms with Crippen molar-refractivity contribution in [2.75, 3.05) is 38.0 Å². The van der Waals surface area contributed by atoms with Crippen LogP contribution in [-0.2, 0) is 9.53 Å². The first-order chi connectivity index (χ1) is 17.6. The van der Waals surface area contributed by atoms with Crippen molar-refractivity contribution in [3.05, 3.63) is 72.8 Å². The van der Waals surface area contributed by atoms with Crippen LogP contribution in [0.3, 0.4) is 0 Å². The Morgan fingerprint density at radius 3 is 1.56 bits per heavy atom. The fourth-order valence-corrected chi connectivity index (χ4v) is 3.03. The summed E-state index contributed by atoms with van der Waals surface area (Å²) in [5, 5.41) is 35.3. The van der Waals surface area contributed by atoms with Crippen LogP contribution >= 0.6 is 0 Å². The fourth-order valence-electron chi connectivity index (χ4n) is 3.03. The molecule has 2 N–H and O–H groups in total. The minimum atomic E-state index is -0.316. The van der Waals surface area contributed by atoms with Gasteiger partial charge in [-0.1, -0.05) is 6.92 Å². The molecule has 0 saturated heterocycles. The molecule has 0 atom stereocenters. The Bertz CT molecular complexity index is 1130. The average molecular weight is 492 g/mol. The molecule has 10 heteroatoms. The SMILES string of the molecule is CCC(=O)OCOc1ccc(N=Nc2ccc(N=Nc3ccc(N(CCO)CCO)cc3)cc2)cc1. The lowest BCUT2D eigenvalue weighted by Crippen LogP contribution is -2.29. The van der Waals surface area contributed by atoms with Gasteiger partial charge in [0.15, 0.2) is 0 Å². The van der Waals surface area contributed by atoms with Gasteiger partial charge in [0, 0.05) is 25.2 Å². The number of aliphatic hydroxyl groups excluding tert-OH is 2. The van der Waals surface area contributed by atoms with Gasteiger partial charge in [0.05, 0.1) is 36.0 Å². The molecule has 10 nitrogen and oxygen atoms in total. The molecular formula is C26H29N5O5. The van der Waals surface area contributed by atoms with E-state index in [2.05, 4.69) is 20.5 Å². The van der Waals surface area contributed by atoms with Gasteiger partial charge in [-0.2, -0.15) is 20.5 Å². The van der Waals surface area contributed by atoms with Crippen LogP contribution < -0.4 is 9.64 Å². The summed E-state index contributed by atoms with van der Waals surface area (Å²) in [7, 11) is 0. The summed E-state index contributed by atoms with van der Waals surface area (Å²) >= 11 is 0. The highest BCUT2D eigenvalue weighted by atomic mass is 16.7. The van der Waals surface area contributed by atoms with E-state index < -0.39 is 0 Å². The number of carbonyl (C=O) groups excluding carboxylic acids is 1. The molecule has 36 heavy (non-hydrogen) atoms. The zero-order valence-electron chi connectivity index (χ0n) is 20.0. The third-order valence-corrected chi connectivity index (χ3v) is 4.94. The summed E-state index contributed by atoms with van der Waals surface area (Å²) in [5.41, 5.74) is 3.57. The number of hydrogen-bond donors (Lipinski definition) is 2. The second-order valence-electron chi connectivity index (χ2n) is 7.49. The number of benzene rings is 3. The molecule has 188 valence electrons. The monoisotopic (exact) mass is 491 g/mol. The van der Waals surface area contributed by atoms with Crippen molar-refractivity contribution in [1.29, 1.82) is 0 Å². The number of esters is 1. The highest BCUT2D eigenvalue weighted by molar-refractivity contribution is 5.68. The summed E-state index contributed by atoms with van der Waals surface area (Å²) in [5.74, 6) is 0.248. The van der Waals surface area contributed by atoms with Gasteiger partial charge in [0.2, 0.25) is 6.79 Å². The maximum Gasteiger partial charge on any atom is 0.308 e. The number of aliphatic hydroxyl groups is 2. The predicted molar refractivity (Wildman–Crippen MR) is 136 cm³/mol. The fraction of sp³-hybridized carbons (Fsp3) is 0.269. The van der Waals surface area contributed by atoms with Crippen LogP contribution in [-0.4, -0.2) is 49.3 Å². The maximum atomic E-state index is 11.1. The molecule has 0 aliphatic rings. The van der Waals surface area contributed by atoms with Gasteiger partial charge in [0.1, 0.15) is 5.75 Å². The van der Waals surface area contributed by atoms with E-state index >= 15 is 0 Å². The first-order valence-electron chi connectivity index (χ1n) is 11.5. The zero-order chi connectivity index (χ0) is 25.6. The van der Waals surface area contributed by atoms with E-state index in [1.165, 1.54) is 0 Å². The predicted octanol–water partition coefficient (Wildman–Crippen LogP) is 5.60. The number of hydrogen-bond acceptors (Lipinski definition) is 10. The molecule has 0 fully saturated rings. The molecule has 0 unspecified atom stereocenters. The summed E-state index contributed by atoms with van der Waals surface area (Å²) in [6.07, 6.45) is 0.304. The highest BCUT2D eigenvalue weighted by Crippen LogP contribution is 2.25. The Labute approximate surface area is 209 Å². The summed E-state index contributed by atoms with van der Waals surface area (Å²) < 4.78 is 10.2. The number of ether oxygens (including phenoxy) is 2. The average Bonchev–Trinajstić information content (AvgIpc) is 2.92. The lowest BCUT2D eigenvalue weighted by atomic mass is 10.2. The van der Waals surface area contributed by atoms with Crippen LogP contribution in [0.25, 0.3) is 0 Å². The number of nitrogens with zero attached hydrogens (tertiary/aromatic N) is 5. The van der Waals surface area contributed by atoms with E-state index in [1.807, 2.05) is 29.2 Å². The largest absolute Gasteiger partial charge is 0.457 e. The molecule has 0 radical (unpaired) electrons. The number of anilines is 1. The van der Waals surface area contributed by atoms with Gasteiger partial charge in [-0.25, -0.2) is 0 Å². The van der Waals surface area contributed by atoms with E-state index in [-0.39, 0.29) is 26.0 Å². The van der Waals surface area contributed by atoms with Crippen LogP contribution in [0, 0.1) is 0 Å². The Hall–Kier alpha value is -4.15. The van der Waals surface area contributed by atoms with Gasteiger partial charge in [-0.3, -0.25) is 4.79 Å². The molecule has 3 aromatic rings. The second kappa shape index (κ2) is 14.3. The summed E-state index contributed by atoms with van der Waals surface area (Å²) in [4.78, 5) is 13.0. The minimum absolute atomic E-state index is 0.0113. The summed E-state index contributed by atoms with van der Waals surface area (Å²) in [6, 6.07) is 21.5. The first kappa shape index (κ1) is 26.5. The Balaban J connectivity index is 1.52. The standard InChI is InChI=1S/C26H29N5O5/c1-2-26(34)36-19-35-25-13-9-23(10-14-25)30-28-21-5-3-20(4-6-21)27-29-22-7-11-24(12-8-22)31(15-17-32)16-18-33/h3-14,32-33H,2,15-19H2,1H3. The van der Waals surface area contributed by atoms with Crippen LogP contribution in [0.5, 0.6) is 5.75 Å². The van der Waals surface area contributed by atoms with Crippen molar-refractivity contribution in [3.63, 3.8) is 0 Å². The Morgan fingerprint density at radius 1 is 0.722 bits per heavy atom. The number of carbonyl (C=O) groups is 1. The molecule has 3 aromatic carbocycles. The van der Waals surface area contributed by atoms with E-state index in [9.17, 15) is 15.0 Å². The first-order valence-corrected chi connectivity index (χ1v) is 11.5. The molecule has 3 rings (SSSR count). The molecule has 0 bridgehead atoms. The van der Waals surface area contributed by atoms with Crippen molar-refractivity contribution in [2.24, 2.45) is 20.5 Å². The Morgan fingerprint density at radius 2 is 1.14 bits per heavy atom. The number of rotatable bonds is 13. The van der Waals surface area contributed by atoms with E-state index in [1.54, 1.807) is 55.5 Å². The zero-order valence-corrected chi connectivity index (χ0v) is 20.0. The molecule has 0 aliphatic carbocycles. The van der Waals surface area contributed by atoms with Crippen LogP contribution in [0.1, 0.15) is 13.3 Å². The molecular weight excluding hydrogens is 462 g/mol. The molecule has 0 aromatic heterocycles. The third kappa shape index (κ3) is 8.57. The Kier molecular flexibility index (Phi) is 10.5. The molecule has 0 heterocycles. The minimum Gasteiger partial charge on any atom is -0.457 e. The molecule has 0 saturated carbocycles. The van der Waals surface area contributed by atoms with Crippen molar-refractivity contribution >= 4 is 34.4 Å². The van der Waals surface area contributed by atoms with Crippen LogP contribution in [0.4, 0.5) is 28.4 Å². The third-order valence-electron chi connectivity index (χ3n) is 4.94. The van der Waals surface area contributed by atoms with E-state index in [0.29, 0.717) is 48.0 Å². The van der Waals surface area contributed by atoms with Crippen molar-refractivity contribution in [3.8, 4) is 5.75 Å². The van der Waals surface area contributed by atoms with Gasteiger partial charge in [-0.15, -0.1) is 0 Å². The topological polar surface area (TPSA) is 129 Å². The van der Waals surface area contributed by atoms with Crippen molar-refractivity contribution in [2.45, 2.75) is 13.3 Å². The molecule has 0 amide bonds. The lowest BCUT2D eigenvalue weighted by Gasteiger charge is -2.22. The normalized spacial score (nSPS) is 11.2. The summed E-state index contributed by atoms with van der Waals surface area (Å²) in [6.45, 7) is 2.51. The number of azo groups is 2. The smallest absolute Gasteiger partial charge is 0.308 e. The van der Waals surface area contributed by atoms with Crippen molar-refractivity contribution < 1.29 is 24.5 Å². The van der Waals surface area contributed by atoms with Gasteiger partial charge < -0.3 is 24.6 Å². The van der Waals surface area contributed by atoms with Crippen LogP contribution in [0.2, 0.25) is 0 Å². The molecule has 0 aliphatic heterocycles. The van der Waals surface area contributed by atoms with Crippen molar-refractivity contribution in [1.82, 2.24) is 0 Å². The van der Waals surface area contributed by atoms with E-state index in [0.717, 1.165) is 5.69 Å². The maximum absolute atomic E-state index is 11.1. The lowest BCUT2D eigenvalue weighted by molar-refractivity contribution is -0.149. The second-order valence-corrected chi connectivity index (χ2v) is 7.49. The molecule has 0 spiro atoms. The van der Waals surface area contributed by atoms with E-state index in [4.69, 9.17) is 9.47 Å². The van der Waals surface area contributed by atoms with Gasteiger partial charge in [-0.05, 0) is 72.8 Å².